The van der Waals surface area contributed by atoms with Gasteiger partial charge in [-0.1, -0.05) is 28.1 Å². The molecule has 1 aromatic carbocycles. The number of methoxy groups -OCH3 is 1. The second kappa shape index (κ2) is 9.65. The number of halogens is 1. The van der Waals surface area contributed by atoms with Gasteiger partial charge in [-0.15, -0.1) is 0 Å². The Morgan fingerprint density at radius 1 is 1.46 bits per heavy atom. The monoisotopic (exact) mass is 416 g/mol. The van der Waals surface area contributed by atoms with Crippen molar-refractivity contribution in [1.29, 1.82) is 5.26 Å². The third-order valence-corrected chi connectivity index (χ3v) is 3.69. The van der Waals surface area contributed by atoms with Crippen LogP contribution < -0.4 is 10.2 Å². The van der Waals surface area contributed by atoms with Gasteiger partial charge in [0.2, 0.25) is 5.88 Å². The third kappa shape index (κ3) is 5.65. The maximum Gasteiger partial charge on any atom is 0.278 e. The highest BCUT2D eigenvalue weighted by Crippen LogP contribution is 2.21. The predicted octanol–water partition coefficient (Wildman–Crippen LogP) is 2.70. The Kier molecular flexibility index (Phi) is 7.26. The van der Waals surface area contributed by atoms with Crippen molar-refractivity contribution in [1.82, 2.24) is 10.4 Å². The number of nitrogens with one attached hydrogen (secondary N) is 1. The van der Waals surface area contributed by atoms with Crippen LogP contribution in [-0.4, -0.2) is 30.8 Å². The molecule has 0 saturated carbocycles. The molecule has 0 aliphatic heterocycles. The van der Waals surface area contributed by atoms with Crippen LogP contribution in [0.2, 0.25) is 0 Å². The molecule has 0 bridgehead atoms. The summed E-state index contributed by atoms with van der Waals surface area (Å²) >= 11 is 3.36. The number of rotatable bonds is 7. The van der Waals surface area contributed by atoms with Gasteiger partial charge >= 0.3 is 0 Å². The summed E-state index contributed by atoms with van der Waals surface area (Å²) in [6.07, 6.45) is 1.52. The zero-order valence-electron chi connectivity index (χ0n) is 14.3. The molecule has 26 heavy (non-hydrogen) atoms. The first-order valence-corrected chi connectivity index (χ1v) is 8.42. The van der Waals surface area contributed by atoms with E-state index >= 15 is 0 Å². The van der Waals surface area contributed by atoms with Gasteiger partial charge in [-0.25, -0.2) is 10.4 Å². The Balaban J connectivity index is 1.98. The number of amides is 1. The molecule has 0 aliphatic carbocycles. The van der Waals surface area contributed by atoms with E-state index in [1.54, 1.807) is 13.0 Å². The number of carbonyl (C=O) groups is 1. The summed E-state index contributed by atoms with van der Waals surface area (Å²) in [5.41, 5.74) is 4.77. The van der Waals surface area contributed by atoms with Crippen molar-refractivity contribution < 1.29 is 14.3 Å². The van der Waals surface area contributed by atoms with Gasteiger partial charge < -0.3 is 9.47 Å². The van der Waals surface area contributed by atoms with Crippen LogP contribution in [0.3, 0.4) is 0 Å². The third-order valence-electron chi connectivity index (χ3n) is 3.20. The van der Waals surface area contributed by atoms with Gasteiger partial charge in [0, 0.05) is 22.8 Å². The highest BCUT2D eigenvalue weighted by atomic mass is 79.9. The second-order valence-electron chi connectivity index (χ2n) is 5.28. The molecule has 0 radical (unpaired) electrons. The van der Waals surface area contributed by atoms with E-state index in [1.807, 2.05) is 30.3 Å². The molecule has 1 amide bonds. The first kappa shape index (κ1) is 19.6. The van der Waals surface area contributed by atoms with Crippen molar-refractivity contribution in [3.63, 3.8) is 0 Å². The SMILES string of the molecule is COCc1cc(C)nc(OCC(=O)N/N=C\c2cccc(Br)c2)c1C#N. The number of hydrazone groups is 1. The van der Waals surface area contributed by atoms with Crippen molar-refractivity contribution in [2.75, 3.05) is 13.7 Å². The molecule has 2 rings (SSSR count). The van der Waals surface area contributed by atoms with E-state index < -0.39 is 5.91 Å². The Hall–Kier alpha value is -2.76. The lowest BCUT2D eigenvalue weighted by Gasteiger charge is -2.10. The van der Waals surface area contributed by atoms with Crippen LogP contribution in [0.1, 0.15) is 22.4 Å². The molecule has 7 nitrogen and oxygen atoms in total. The van der Waals surface area contributed by atoms with Crippen molar-refractivity contribution >= 4 is 28.1 Å². The number of hydrogen-bond acceptors (Lipinski definition) is 6. The average Bonchev–Trinajstić information content (AvgIpc) is 2.60. The number of nitriles is 1. The highest BCUT2D eigenvalue weighted by Gasteiger charge is 2.14. The first-order valence-electron chi connectivity index (χ1n) is 7.63. The molecular formula is C18H17BrN4O3. The van der Waals surface area contributed by atoms with Crippen molar-refractivity contribution in [3.8, 4) is 11.9 Å². The normalized spacial score (nSPS) is 10.5. The fourth-order valence-electron chi connectivity index (χ4n) is 2.14. The lowest BCUT2D eigenvalue weighted by molar-refractivity contribution is -0.123. The summed E-state index contributed by atoms with van der Waals surface area (Å²) in [6, 6.07) is 11.2. The van der Waals surface area contributed by atoms with Gasteiger partial charge in [0.05, 0.1) is 12.8 Å². The summed E-state index contributed by atoms with van der Waals surface area (Å²) in [7, 11) is 1.54. The van der Waals surface area contributed by atoms with E-state index in [0.717, 1.165) is 10.0 Å². The molecule has 1 N–H and O–H groups in total. The number of nitrogens with zero attached hydrogens (tertiary/aromatic N) is 3. The standard InChI is InChI=1S/C18H17BrN4O3/c1-12-6-14(10-25-2)16(8-20)18(22-12)26-11-17(24)23-21-9-13-4-3-5-15(19)7-13/h3-7,9H,10-11H2,1-2H3,(H,23,24)/b21-9-. The smallest absolute Gasteiger partial charge is 0.278 e. The van der Waals surface area contributed by atoms with Gasteiger partial charge in [-0.05, 0) is 30.7 Å². The Morgan fingerprint density at radius 2 is 2.27 bits per heavy atom. The van der Waals surface area contributed by atoms with E-state index in [4.69, 9.17) is 9.47 Å². The Labute approximate surface area is 159 Å². The summed E-state index contributed by atoms with van der Waals surface area (Å²) in [4.78, 5) is 16.0. The predicted molar refractivity (Wildman–Crippen MR) is 99.8 cm³/mol. The number of ether oxygens (including phenoxy) is 2. The number of carbonyl (C=O) groups excluding carboxylic acids is 1. The molecular weight excluding hydrogens is 400 g/mol. The molecule has 0 spiro atoms. The molecule has 0 aliphatic rings. The number of hydrogen-bond donors (Lipinski definition) is 1. The minimum atomic E-state index is -0.461. The van der Waals surface area contributed by atoms with E-state index in [0.29, 0.717) is 11.3 Å². The van der Waals surface area contributed by atoms with Crippen LogP contribution in [-0.2, 0) is 16.1 Å². The van der Waals surface area contributed by atoms with Gasteiger partial charge in [0.15, 0.2) is 6.61 Å². The van der Waals surface area contributed by atoms with Crippen molar-refractivity contribution in [3.05, 3.63) is 57.2 Å². The number of pyridine rings is 1. The Bertz CT molecular complexity index is 862. The average molecular weight is 417 g/mol. The summed E-state index contributed by atoms with van der Waals surface area (Å²) in [6.45, 7) is 1.72. The molecule has 1 heterocycles. The van der Waals surface area contributed by atoms with E-state index in [-0.39, 0.29) is 24.7 Å². The molecule has 8 heteroatoms. The minimum absolute atomic E-state index is 0.102. The molecule has 134 valence electrons. The number of aromatic nitrogens is 1. The summed E-state index contributed by atoms with van der Waals surface area (Å²) < 4.78 is 11.4. The van der Waals surface area contributed by atoms with Gasteiger partial charge in [0.25, 0.3) is 5.91 Å². The van der Waals surface area contributed by atoms with E-state index in [1.165, 1.54) is 13.3 Å². The molecule has 2 aromatic rings. The van der Waals surface area contributed by atoms with E-state index in [9.17, 15) is 10.1 Å². The van der Waals surface area contributed by atoms with Crippen LogP contribution in [0.15, 0.2) is 39.9 Å². The van der Waals surface area contributed by atoms with Gasteiger partial charge in [-0.3, -0.25) is 4.79 Å². The largest absolute Gasteiger partial charge is 0.467 e. The lowest BCUT2D eigenvalue weighted by Crippen LogP contribution is -2.25. The molecule has 0 saturated heterocycles. The lowest BCUT2D eigenvalue weighted by atomic mass is 10.1. The van der Waals surface area contributed by atoms with E-state index in [2.05, 4.69) is 31.4 Å². The zero-order chi connectivity index (χ0) is 18.9. The topological polar surface area (TPSA) is 96.6 Å². The van der Waals surface area contributed by atoms with Crippen LogP contribution in [0.5, 0.6) is 5.88 Å². The quantitative estimate of drug-likeness (QED) is 0.552. The molecule has 0 fully saturated rings. The fraction of sp³-hybridized carbons (Fsp3) is 0.222. The van der Waals surface area contributed by atoms with Crippen LogP contribution in [0.4, 0.5) is 0 Å². The Morgan fingerprint density at radius 3 is 2.96 bits per heavy atom. The van der Waals surface area contributed by atoms with Crippen LogP contribution in [0, 0.1) is 18.3 Å². The fourth-order valence-corrected chi connectivity index (χ4v) is 2.55. The highest BCUT2D eigenvalue weighted by molar-refractivity contribution is 9.10. The second-order valence-corrected chi connectivity index (χ2v) is 6.20. The molecule has 0 unspecified atom stereocenters. The number of aryl methyl sites for hydroxylation is 1. The maximum atomic E-state index is 11.9. The molecule has 0 atom stereocenters. The van der Waals surface area contributed by atoms with Crippen molar-refractivity contribution in [2.24, 2.45) is 5.10 Å². The van der Waals surface area contributed by atoms with Crippen LogP contribution >= 0.6 is 15.9 Å². The number of benzene rings is 1. The van der Waals surface area contributed by atoms with Crippen molar-refractivity contribution in [2.45, 2.75) is 13.5 Å². The van der Waals surface area contributed by atoms with Gasteiger partial charge in [0.1, 0.15) is 11.6 Å². The summed E-state index contributed by atoms with van der Waals surface area (Å²) in [5, 5.41) is 13.2. The van der Waals surface area contributed by atoms with Crippen LogP contribution in [0.25, 0.3) is 0 Å². The molecule has 1 aromatic heterocycles. The zero-order valence-corrected chi connectivity index (χ0v) is 15.9. The van der Waals surface area contributed by atoms with Gasteiger partial charge in [-0.2, -0.15) is 10.4 Å². The minimum Gasteiger partial charge on any atom is -0.467 e. The first-order chi connectivity index (χ1) is 12.5. The maximum absolute atomic E-state index is 11.9. The summed E-state index contributed by atoms with van der Waals surface area (Å²) in [5.74, 6) is -0.359.